The SMILES string of the molecule is CCC#CCC1=C(CCC(=O)O)CCC1=O. The number of rotatable bonds is 4. The zero-order chi connectivity index (χ0) is 12.0. The fraction of sp³-hybridized carbons (Fsp3) is 0.538. The molecule has 0 atom stereocenters. The Morgan fingerprint density at radius 3 is 2.75 bits per heavy atom. The first kappa shape index (κ1) is 12.5. The van der Waals surface area contributed by atoms with Gasteiger partial charge in [-0.05, 0) is 12.8 Å². The Labute approximate surface area is 95.5 Å². The number of allylic oxidation sites excluding steroid dienone is 2. The summed E-state index contributed by atoms with van der Waals surface area (Å²) in [5, 5.41) is 8.60. The second kappa shape index (κ2) is 6.12. The number of hydrogen-bond donors (Lipinski definition) is 1. The van der Waals surface area contributed by atoms with E-state index in [2.05, 4.69) is 11.8 Å². The van der Waals surface area contributed by atoms with Crippen molar-refractivity contribution in [2.24, 2.45) is 0 Å². The summed E-state index contributed by atoms with van der Waals surface area (Å²) in [6.07, 6.45) is 3.11. The first-order valence-corrected chi connectivity index (χ1v) is 5.56. The van der Waals surface area contributed by atoms with Crippen LogP contribution in [0.5, 0.6) is 0 Å². The average Bonchev–Trinajstić information content (AvgIpc) is 2.58. The van der Waals surface area contributed by atoms with Gasteiger partial charge in [0, 0.05) is 31.3 Å². The summed E-state index contributed by atoms with van der Waals surface area (Å²) in [5.74, 6) is 5.21. The van der Waals surface area contributed by atoms with Gasteiger partial charge in [-0.3, -0.25) is 9.59 Å². The molecule has 3 nitrogen and oxygen atoms in total. The zero-order valence-corrected chi connectivity index (χ0v) is 9.51. The molecule has 1 aliphatic carbocycles. The van der Waals surface area contributed by atoms with E-state index in [4.69, 9.17) is 5.11 Å². The number of carboxylic acids is 1. The second-order valence-electron chi connectivity index (χ2n) is 3.78. The summed E-state index contributed by atoms with van der Waals surface area (Å²) in [6.45, 7) is 1.96. The number of Topliss-reactive ketones (excluding diaryl/α,β-unsaturated/α-hetero) is 1. The van der Waals surface area contributed by atoms with E-state index in [1.165, 1.54) is 0 Å². The summed E-state index contributed by atoms with van der Waals surface area (Å²) in [7, 11) is 0. The standard InChI is InChI=1S/C13H16O3/c1-2-3-4-5-11-10(6-8-12(11)14)7-9-13(15)16/h2,5-9H2,1H3,(H,15,16). The third-order valence-electron chi connectivity index (χ3n) is 2.62. The Balaban J connectivity index is 2.67. The lowest BCUT2D eigenvalue weighted by Crippen LogP contribution is -1.98. The zero-order valence-electron chi connectivity index (χ0n) is 9.51. The lowest BCUT2D eigenvalue weighted by molar-refractivity contribution is -0.137. The third kappa shape index (κ3) is 3.54. The van der Waals surface area contributed by atoms with Gasteiger partial charge in [0.05, 0.1) is 0 Å². The maximum Gasteiger partial charge on any atom is 0.303 e. The second-order valence-corrected chi connectivity index (χ2v) is 3.78. The van der Waals surface area contributed by atoms with Gasteiger partial charge in [-0.15, -0.1) is 5.92 Å². The van der Waals surface area contributed by atoms with Gasteiger partial charge in [0.2, 0.25) is 0 Å². The Hall–Kier alpha value is -1.56. The first-order chi connectivity index (χ1) is 7.65. The number of aliphatic carboxylic acids is 1. The number of carbonyl (C=O) groups excluding carboxylic acids is 1. The van der Waals surface area contributed by atoms with E-state index in [0.29, 0.717) is 19.3 Å². The number of ketones is 1. The quantitative estimate of drug-likeness (QED) is 0.740. The van der Waals surface area contributed by atoms with Crippen LogP contribution in [0.4, 0.5) is 0 Å². The molecule has 3 heteroatoms. The molecule has 0 aliphatic heterocycles. The van der Waals surface area contributed by atoms with E-state index in [0.717, 1.165) is 24.0 Å². The molecule has 0 heterocycles. The fourth-order valence-electron chi connectivity index (χ4n) is 1.80. The molecule has 0 aromatic heterocycles. The van der Waals surface area contributed by atoms with Crippen LogP contribution in [0.2, 0.25) is 0 Å². The van der Waals surface area contributed by atoms with E-state index in [1.54, 1.807) is 0 Å². The molecule has 0 amide bonds. The van der Waals surface area contributed by atoms with Crippen molar-refractivity contribution in [3.63, 3.8) is 0 Å². The molecule has 1 N–H and O–H groups in total. The molecular weight excluding hydrogens is 204 g/mol. The molecule has 0 bridgehead atoms. The van der Waals surface area contributed by atoms with Crippen LogP contribution in [0.1, 0.15) is 45.4 Å². The minimum Gasteiger partial charge on any atom is -0.481 e. The van der Waals surface area contributed by atoms with Gasteiger partial charge in [-0.1, -0.05) is 18.4 Å². The van der Waals surface area contributed by atoms with Crippen LogP contribution in [0.3, 0.4) is 0 Å². The Morgan fingerprint density at radius 2 is 2.12 bits per heavy atom. The Kier molecular flexibility index (Phi) is 4.78. The summed E-state index contributed by atoms with van der Waals surface area (Å²) in [6, 6.07) is 0. The Morgan fingerprint density at radius 1 is 1.38 bits per heavy atom. The highest BCUT2D eigenvalue weighted by Crippen LogP contribution is 2.28. The predicted molar refractivity (Wildman–Crippen MR) is 60.8 cm³/mol. The Bertz CT molecular complexity index is 380. The molecule has 0 saturated carbocycles. The van der Waals surface area contributed by atoms with E-state index in [1.807, 2.05) is 6.92 Å². The summed E-state index contributed by atoms with van der Waals surface area (Å²) in [5.41, 5.74) is 1.76. The minimum atomic E-state index is -0.814. The van der Waals surface area contributed by atoms with E-state index in [-0.39, 0.29) is 12.2 Å². The summed E-state index contributed by atoms with van der Waals surface area (Å²) in [4.78, 5) is 22.0. The molecule has 0 aromatic carbocycles. The van der Waals surface area contributed by atoms with E-state index in [9.17, 15) is 9.59 Å². The van der Waals surface area contributed by atoms with Crippen molar-refractivity contribution >= 4 is 11.8 Å². The van der Waals surface area contributed by atoms with E-state index >= 15 is 0 Å². The molecule has 0 spiro atoms. The molecule has 0 unspecified atom stereocenters. The lowest BCUT2D eigenvalue weighted by atomic mass is 10.0. The van der Waals surface area contributed by atoms with Crippen molar-refractivity contribution in [3.05, 3.63) is 11.1 Å². The fourth-order valence-corrected chi connectivity index (χ4v) is 1.80. The van der Waals surface area contributed by atoms with Gasteiger partial charge in [-0.25, -0.2) is 0 Å². The maximum absolute atomic E-state index is 11.6. The van der Waals surface area contributed by atoms with Gasteiger partial charge in [0.15, 0.2) is 5.78 Å². The van der Waals surface area contributed by atoms with Gasteiger partial charge in [-0.2, -0.15) is 0 Å². The molecule has 1 aliphatic rings. The summed E-state index contributed by atoms with van der Waals surface area (Å²) >= 11 is 0. The van der Waals surface area contributed by atoms with Crippen molar-refractivity contribution in [2.45, 2.75) is 45.4 Å². The van der Waals surface area contributed by atoms with Crippen LogP contribution < -0.4 is 0 Å². The minimum absolute atomic E-state index is 0.104. The highest BCUT2D eigenvalue weighted by molar-refractivity contribution is 5.99. The lowest BCUT2D eigenvalue weighted by Gasteiger charge is -2.01. The van der Waals surface area contributed by atoms with Crippen molar-refractivity contribution < 1.29 is 14.7 Å². The van der Waals surface area contributed by atoms with Crippen LogP contribution in [-0.2, 0) is 9.59 Å². The van der Waals surface area contributed by atoms with Gasteiger partial charge >= 0.3 is 5.97 Å². The highest BCUT2D eigenvalue weighted by atomic mass is 16.4. The van der Waals surface area contributed by atoms with E-state index < -0.39 is 5.97 Å². The van der Waals surface area contributed by atoms with Gasteiger partial charge in [0.1, 0.15) is 0 Å². The van der Waals surface area contributed by atoms with Crippen molar-refractivity contribution in [3.8, 4) is 11.8 Å². The van der Waals surface area contributed by atoms with Crippen LogP contribution in [0, 0.1) is 11.8 Å². The predicted octanol–water partition coefficient (Wildman–Crippen LogP) is 2.31. The molecule has 86 valence electrons. The maximum atomic E-state index is 11.6. The number of hydrogen-bond acceptors (Lipinski definition) is 2. The highest BCUT2D eigenvalue weighted by Gasteiger charge is 2.21. The molecule has 0 aromatic rings. The molecule has 0 saturated heterocycles. The third-order valence-corrected chi connectivity index (χ3v) is 2.62. The van der Waals surface area contributed by atoms with Gasteiger partial charge in [0.25, 0.3) is 0 Å². The van der Waals surface area contributed by atoms with Crippen LogP contribution in [0.25, 0.3) is 0 Å². The average molecular weight is 220 g/mol. The van der Waals surface area contributed by atoms with Crippen LogP contribution >= 0.6 is 0 Å². The van der Waals surface area contributed by atoms with Crippen LogP contribution in [0.15, 0.2) is 11.1 Å². The van der Waals surface area contributed by atoms with Crippen molar-refractivity contribution in [1.29, 1.82) is 0 Å². The monoisotopic (exact) mass is 220 g/mol. The number of carbonyl (C=O) groups is 2. The molecular formula is C13H16O3. The smallest absolute Gasteiger partial charge is 0.303 e. The topological polar surface area (TPSA) is 54.4 Å². The largest absolute Gasteiger partial charge is 0.481 e. The summed E-state index contributed by atoms with van der Waals surface area (Å²) < 4.78 is 0. The number of carboxylic acid groups (broad SMARTS) is 1. The molecule has 1 rings (SSSR count). The normalized spacial score (nSPS) is 14.9. The first-order valence-electron chi connectivity index (χ1n) is 5.56. The molecule has 16 heavy (non-hydrogen) atoms. The van der Waals surface area contributed by atoms with Crippen molar-refractivity contribution in [2.75, 3.05) is 0 Å². The molecule has 0 fully saturated rings. The van der Waals surface area contributed by atoms with Gasteiger partial charge < -0.3 is 5.11 Å². The van der Waals surface area contributed by atoms with Crippen molar-refractivity contribution in [1.82, 2.24) is 0 Å². The van der Waals surface area contributed by atoms with Crippen LogP contribution in [-0.4, -0.2) is 16.9 Å². The molecule has 0 radical (unpaired) electrons.